The summed E-state index contributed by atoms with van der Waals surface area (Å²) in [4.78, 5) is 37.0. The Morgan fingerprint density at radius 2 is 2.00 bits per heavy atom. The van der Waals surface area contributed by atoms with Gasteiger partial charge >= 0.3 is 12.2 Å². The number of alkyl carbamates (subject to hydrolysis) is 1. The Morgan fingerprint density at radius 1 is 1.27 bits per heavy atom. The molecule has 0 saturated carbocycles. The maximum absolute atomic E-state index is 12.2. The molecule has 2 atom stereocenters. The zero-order valence-electron chi connectivity index (χ0n) is 19.5. The fourth-order valence-corrected chi connectivity index (χ4v) is 3.92. The Balaban J connectivity index is 1.77. The molecular weight excluding hydrogens is 428 g/mol. The minimum atomic E-state index is -1.12. The van der Waals surface area contributed by atoms with Gasteiger partial charge in [-0.3, -0.25) is 9.48 Å². The number of ether oxygens (including phenoxy) is 1. The smallest absolute Gasteiger partial charge is 0.407 e. The molecule has 3 rings (SSSR count). The van der Waals surface area contributed by atoms with Gasteiger partial charge in [0, 0.05) is 30.8 Å². The van der Waals surface area contributed by atoms with Gasteiger partial charge < -0.3 is 25.4 Å². The zero-order valence-corrected chi connectivity index (χ0v) is 19.5. The predicted molar refractivity (Wildman–Crippen MR) is 121 cm³/mol. The van der Waals surface area contributed by atoms with Crippen molar-refractivity contribution in [3.63, 3.8) is 0 Å². The lowest BCUT2D eigenvalue weighted by molar-refractivity contribution is -0.117. The molecule has 0 aliphatic carbocycles. The summed E-state index contributed by atoms with van der Waals surface area (Å²) in [6, 6.07) is 4.89. The predicted octanol–water partition coefficient (Wildman–Crippen LogP) is 2.92. The van der Waals surface area contributed by atoms with Gasteiger partial charge in [0.2, 0.25) is 5.91 Å². The van der Waals surface area contributed by atoms with Crippen LogP contribution in [0.2, 0.25) is 0 Å². The van der Waals surface area contributed by atoms with Crippen molar-refractivity contribution < 1.29 is 24.2 Å². The molecule has 0 saturated heterocycles. The number of aromatic nitrogens is 3. The fraction of sp³-hybridized carbons (Fsp3) is 0.500. The summed E-state index contributed by atoms with van der Waals surface area (Å²) >= 11 is 0. The minimum Gasteiger partial charge on any atom is -0.465 e. The minimum absolute atomic E-state index is 0.103. The average molecular weight is 459 g/mol. The van der Waals surface area contributed by atoms with E-state index in [0.717, 1.165) is 5.56 Å². The van der Waals surface area contributed by atoms with E-state index in [9.17, 15) is 19.5 Å². The first-order chi connectivity index (χ1) is 15.4. The first-order valence-corrected chi connectivity index (χ1v) is 10.7. The summed E-state index contributed by atoms with van der Waals surface area (Å²) in [5, 5.41) is 22.8. The summed E-state index contributed by atoms with van der Waals surface area (Å²) in [7, 11) is 0. The number of carbonyl (C=O) groups excluding carboxylic acids is 2. The molecule has 0 unspecified atom stereocenters. The first-order valence-electron chi connectivity index (χ1n) is 10.7. The van der Waals surface area contributed by atoms with E-state index in [1.165, 1.54) is 6.92 Å². The molecule has 0 fully saturated rings. The molecule has 178 valence electrons. The van der Waals surface area contributed by atoms with Gasteiger partial charge in [-0.05, 0) is 51.8 Å². The van der Waals surface area contributed by atoms with Gasteiger partial charge in [-0.25, -0.2) is 9.59 Å². The second kappa shape index (κ2) is 9.47. The van der Waals surface area contributed by atoms with Gasteiger partial charge in [-0.1, -0.05) is 11.3 Å². The van der Waals surface area contributed by atoms with E-state index in [2.05, 4.69) is 20.9 Å². The fourth-order valence-electron chi connectivity index (χ4n) is 3.92. The monoisotopic (exact) mass is 458 g/mol. The van der Waals surface area contributed by atoms with Crippen molar-refractivity contribution in [1.29, 1.82) is 0 Å². The van der Waals surface area contributed by atoms with Crippen LogP contribution in [0.3, 0.4) is 0 Å². The van der Waals surface area contributed by atoms with Crippen LogP contribution in [0.1, 0.15) is 52.6 Å². The van der Waals surface area contributed by atoms with E-state index in [1.54, 1.807) is 42.6 Å². The quantitative estimate of drug-likeness (QED) is 0.626. The Labute approximate surface area is 192 Å². The van der Waals surface area contributed by atoms with Crippen LogP contribution in [-0.4, -0.2) is 56.4 Å². The van der Waals surface area contributed by atoms with Crippen LogP contribution in [0.15, 0.2) is 24.4 Å². The Bertz CT molecular complexity index is 1040. The first kappa shape index (κ1) is 24.0. The number of carboxylic acid groups (broad SMARTS) is 1. The summed E-state index contributed by atoms with van der Waals surface area (Å²) in [5.74, 6) is -0.103. The highest BCUT2D eigenvalue weighted by atomic mass is 16.6. The average Bonchev–Trinajstić information content (AvgIpc) is 3.14. The van der Waals surface area contributed by atoms with Crippen LogP contribution in [0.25, 0.3) is 11.3 Å². The molecule has 2 heterocycles. The lowest BCUT2D eigenvalue weighted by atomic mass is 9.90. The summed E-state index contributed by atoms with van der Waals surface area (Å²) in [6.07, 6.45) is 0.583. The topological polar surface area (TPSA) is 139 Å². The summed E-state index contributed by atoms with van der Waals surface area (Å²) < 4.78 is 6.80. The van der Waals surface area contributed by atoms with Crippen molar-refractivity contribution in [2.75, 3.05) is 11.4 Å². The molecule has 0 spiro atoms. The molecule has 2 aromatic rings. The number of benzene rings is 1. The molecule has 1 aromatic carbocycles. The number of rotatable bonds is 5. The van der Waals surface area contributed by atoms with Crippen LogP contribution in [0, 0.1) is 0 Å². The van der Waals surface area contributed by atoms with Crippen LogP contribution >= 0.6 is 0 Å². The highest BCUT2D eigenvalue weighted by Crippen LogP contribution is 2.39. The van der Waals surface area contributed by atoms with Crippen molar-refractivity contribution >= 4 is 23.8 Å². The maximum atomic E-state index is 12.2. The highest BCUT2D eigenvalue weighted by molar-refractivity contribution is 5.94. The SMILES string of the molecule is CC(=O)N1c2ccc(-c3cn(CCNC(=O)OC(C)(C)C)nn3)cc2[C@H](NC(=O)O)C[C@@H]1C. The van der Waals surface area contributed by atoms with Gasteiger partial charge in [0.15, 0.2) is 0 Å². The number of amides is 3. The molecule has 3 amide bonds. The third kappa shape index (κ3) is 5.99. The normalized spacial score (nSPS) is 17.8. The van der Waals surface area contributed by atoms with E-state index in [0.29, 0.717) is 36.5 Å². The lowest BCUT2D eigenvalue weighted by Gasteiger charge is -2.39. The third-order valence-corrected chi connectivity index (χ3v) is 5.16. The van der Waals surface area contributed by atoms with Crippen LogP contribution in [0.4, 0.5) is 15.3 Å². The van der Waals surface area contributed by atoms with Crippen LogP contribution in [0.5, 0.6) is 0 Å². The van der Waals surface area contributed by atoms with Gasteiger partial charge in [-0.2, -0.15) is 0 Å². The van der Waals surface area contributed by atoms with Gasteiger partial charge in [0.05, 0.1) is 18.8 Å². The van der Waals surface area contributed by atoms with Gasteiger partial charge in [-0.15, -0.1) is 5.10 Å². The molecule has 0 radical (unpaired) electrons. The number of fused-ring (bicyclic) bond motifs is 1. The van der Waals surface area contributed by atoms with Crippen molar-refractivity contribution in [2.24, 2.45) is 0 Å². The second-order valence-electron chi connectivity index (χ2n) is 9.04. The molecule has 1 aliphatic heterocycles. The highest BCUT2D eigenvalue weighted by Gasteiger charge is 2.33. The van der Waals surface area contributed by atoms with Gasteiger partial charge in [0.25, 0.3) is 0 Å². The zero-order chi connectivity index (χ0) is 24.3. The Morgan fingerprint density at radius 3 is 2.64 bits per heavy atom. The van der Waals surface area contributed by atoms with Crippen molar-refractivity contribution in [3.05, 3.63) is 30.0 Å². The molecule has 0 bridgehead atoms. The summed E-state index contributed by atoms with van der Waals surface area (Å²) in [6.45, 7) is 9.49. The van der Waals surface area contributed by atoms with Crippen molar-refractivity contribution in [2.45, 2.75) is 65.3 Å². The van der Waals surface area contributed by atoms with E-state index >= 15 is 0 Å². The maximum Gasteiger partial charge on any atom is 0.407 e. The van der Waals surface area contributed by atoms with E-state index < -0.39 is 23.8 Å². The standard InChI is InChI=1S/C22H30N6O5/c1-13-10-17(24-20(30)31)16-11-15(6-7-19(16)28(13)14(2)29)18-12-27(26-25-18)9-8-23-21(32)33-22(3,4)5/h6-7,11-13,17,24H,8-10H2,1-5H3,(H,23,32)(H,30,31)/t13-,17+/m0/s1. The number of nitrogens with one attached hydrogen (secondary N) is 2. The van der Waals surface area contributed by atoms with Crippen molar-refractivity contribution in [3.8, 4) is 11.3 Å². The molecule has 1 aromatic heterocycles. The molecule has 33 heavy (non-hydrogen) atoms. The Kier molecular flexibility index (Phi) is 6.89. The number of nitrogens with zero attached hydrogens (tertiary/aromatic N) is 4. The molecule has 11 heteroatoms. The van der Waals surface area contributed by atoms with Crippen molar-refractivity contribution in [1.82, 2.24) is 25.6 Å². The van der Waals surface area contributed by atoms with E-state index in [-0.39, 0.29) is 11.9 Å². The van der Waals surface area contributed by atoms with E-state index in [4.69, 9.17) is 4.74 Å². The number of anilines is 1. The number of hydrogen-bond donors (Lipinski definition) is 3. The van der Waals surface area contributed by atoms with Crippen LogP contribution < -0.4 is 15.5 Å². The number of carbonyl (C=O) groups is 3. The second-order valence-corrected chi connectivity index (χ2v) is 9.04. The van der Waals surface area contributed by atoms with E-state index in [1.807, 2.05) is 19.1 Å². The molecule has 11 nitrogen and oxygen atoms in total. The lowest BCUT2D eigenvalue weighted by Crippen LogP contribution is -2.45. The Hall–Kier alpha value is -3.63. The van der Waals surface area contributed by atoms with Crippen LogP contribution in [-0.2, 0) is 16.1 Å². The number of hydrogen-bond acceptors (Lipinski definition) is 6. The van der Waals surface area contributed by atoms with Gasteiger partial charge in [0.1, 0.15) is 11.3 Å². The summed E-state index contributed by atoms with van der Waals surface area (Å²) in [5.41, 5.74) is 2.16. The molecular formula is C22H30N6O5. The molecule has 3 N–H and O–H groups in total. The molecule has 1 aliphatic rings. The third-order valence-electron chi connectivity index (χ3n) is 5.16. The largest absolute Gasteiger partial charge is 0.465 e.